The lowest BCUT2D eigenvalue weighted by Gasteiger charge is -2.43. The van der Waals surface area contributed by atoms with Crippen molar-refractivity contribution >= 4 is 27.7 Å². The molecule has 1 atom stereocenters. The molecule has 2 N–H and O–H groups in total. The first kappa shape index (κ1) is 25.2. The van der Waals surface area contributed by atoms with E-state index in [9.17, 15) is 13.2 Å². The smallest absolute Gasteiger partial charge is 0.263 e. The van der Waals surface area contributed by atoms with Gasteiger partial charge in [0.25, 0.3) is 5.91 Å². The van der Waals surface area contributed by atoms with Crippen molar-refractivity contribution in [2.24, 2.45) is 0 Å². The second kappa shape index (κ2) is 10.2. The highest BCUT2D eigenvalue weighted by Gasteiger charge is 2.48. The maximum absolute atomic E-state index is 13.3. The second-order valence-electron chi connectivity index (χ2n) is 7.93. The third-order valence-corrected chi connectivity index (χ3v) is 8.57. The number of thioether (sulfide) groups is 1. The maximum atomic E-state index is 13.3. The number of nitrogens with zero attached hydrogens (tertiary/aromatic N) is 1. The first-order chi connectivity index (χ1) is 15.6. The fourth-order valence-corrected chi connectivity index (χ4v) is 6.79. The summed E-state index contributed by atoms with van der Waals surface area (Å²) in [5, 5.41) is 9.17. The number of rotatable bonds is 8. The number of hydroxylamine groups is 1. The molecule has 180 valence electrons. The van der Waals surface area contributed by atoms with Crippen LogP contribution >= 0.6 is 11.8 Å². The summed E-state index contributed by atoms with van der Waals surface area (Å²) in [4.78, 5) is 12.4. The number of amides is 1. The third-order valence-electron chi connectivity index (χ3n) is 5.34. The zero-order valence-corrected chi connectivity index (χ0v) is 20.5. The van der Waals surface area contributed by atoms with Crippen LogP contribution < -0.4 is 19.7 Å². The average molecular weight is 497 g/mol. The lowest BCUT2D eigenvalue weighted by molar-refractivity contribution is -0.134. The summed E-state index contributed by atoms with van der Waals surface area (Å²) in [5.74, 6) is 1.53. The molecule has 3 rings (SSSR count). The summed E-state index contributed by atoms with van der Waals surface area (Å²) in [6.07, 6.45) is 0. The van der Waals surface area contributed by atoms with Crippen LogP contribution in [0.4, 0.5) is 0 Å². The van der Waals surface area contributed by atoms with Gasteiger partial charge in [0.2, 0.25) is 10.0 Å². The summed E-state index contributed by atoms with van der Waals surface area (Å²) in [6.45, 7) is 3.95. The van der Waals surface area contributed by atoms with Crippen LogP contribution in [0.3, 0.4) is 0 Å². The minimum atomic E-state index is -3.98. The number of methoxy groups -OCH3 is 2. The summed E-state index contributed by atoms with van der Waals surface area (Å²) >= 11 is 1.48. The van der Waals surface area contributed by atoms with Gasteiger partial charge in [0, 0.05) is 23.1 Å². The normalized spacial score (nSPS) is 18.4. The molecule has 1 saturated heterocycles. The van der Waals surface area contributed by atoms with Crippen molar-refractivity contribution < 1.29 is 32.6 Å². The lowest BCUT2D eigenvalue weighted by Crippen LogP contribution is -2.61. The molecule has 0 bridgehead atoms. The number of hydrogen-bond donors (Lipinski definition) is 2. The molecule has 1 aliphatic rings. The Balaban J connectivity index is 1.78. The topological polar surface area (TPSA) is 114 Å². The maximum Gasteiger partial charge on any atom is 0.263 e. The molecular formula is C22H28N2O7S2. The van der Waals surface area contributed by atoms with E-state index < -0.39 is 26.7 Å². The van der Waals surface area contributed by atoms with Gasteiger partial charge in [-0.25, -0.2) is 13.9 Å². The number of carbonyl (C=O) groups is 1. The molecule has 2 aromatic carbocycles. The molecule has 33 heavy (non-hydrogen) atoms. The number of hydrogen-bond acceptors (Lipinski definition) is 8. The number of sulfonamides is 1. The molecule has 2 aromatic rings. The predicted octanol–water partition coefficient (Wildman–Crippen LogP) is 2.67. The van der Waals surface area contributed by atoms with Crippen molar-refractivity contribution in [1.82, 2.24) is 9.79 Å². The van der Waals surface area contributed by atoms with Gasteiger partial charge >= 0.3 is 0 Å². The van der Waals surface area contributed by atoms with Crippen LogP contribution in [-0.4, -0.2) is 61.1 Å². The molecule has 1 aliphatic heterocycles. The molecule has 0 spiro atoms. The highest BCUT2D eigenvalue weighted by molar-refractivity contribution is 8.00. The second-order valence-corrected chi connectivity index (χ2v) is 11.6. The van der Waals surface area contributed by atoms with Crippen LogP contribution in [-0.2, 0) is 21.4 Å². The first-order valence-corrected chi connectivity index (χ1v) is 12.6. The molecule has 11 heteroatoms. The van der Waals surface area contributed by atoms with Crippen molar-refractivity contribution in [3.63, 3.8) is 0 Å². The minimum Gasteiger partial charge on any atom is -0.497 e. The Morgan fingerprint density at radius 1 is 1.12 bits per heavy atom. The predicted molar refractivity (Wildman–Crippen MR) is 124 cm³/mol. The van der Waals surface area contributed by atoms with Crippen LogP contribution in [0.25, 0.3) is 0 Å². The molecule has 1 unspecified atom stereocenters. The number of ether oxygens (including phenoxy) is 3. The fraction of sp³-hybridized carbons (Fsp3) is 0.409. The van der Waals surface area contributed by atoms with E-state index >= 15 is 0 Å². The van der Waals surface area contributed by atoms with Crippen LogP contribution in [0.5, 0.6) is 17.2 Å². The molecule has 0 aliphatic carbocycles. The Kier molecular flexibility index (Phi) is 7.78. The minimum absolute atomic E-state index is 0.0383. The number of nitrogens with one attached hydrogen (secondary N) is 1. The molecule has 1 amide bonds. The van der Waals surface area contributed by atoms with Gasteiger partial charge in [-0.1, -0.05) is 0 Å². The largest absolute Gasteiger partial charge is 0.497 e. The highest BCUT2D eigenvalue weighted by Crippen LogP contribution is 2.38. The standard InChI is InChI=1S/C22H28N2O7S2/c1-22(2)20(21(25)23-26)24(9-10-32-22)33(27,28)19-7-5-16(6-8-19)31-14-15-11-17(29-3)13-18(12-15)30-4/h5-8,11-13,20,26H,9-10,14H2,1-4H3,(H,23,25). The molecule has 0 saturated carbocycles. The zero-order chi connectivity index (χ0) is 24.2. The van der Waals surface area contributed by atoms with Gasteiger partial charge in [-0.3, -0.25) is 10.0 Å². The van der Waals surface area contributed by atoms with Gasteiger partial charge in [0.1, 0.15) is 29.9 Å². The molecule has 9 nitrogen and oxygen atoms in total. The van der Waals surface area contributed by atoms with Crippen LogP contribution in [0.15, 0.2) is 47.4 Å². The first-order valence-electron chi connectivity index (χ1n) is 10.2. The summed E-state index contributed by atoms with van der Waals surface area (Å²) in [6, 6.07) is 10.4. The molecular weight excluding hydrogens is 468 g/mol. The Hall–Kier alpha value is -2.47. The Morgan fingerprint density at radius 3 is 2.27 bits per heavy atom. The Morgan fingerprint density at radius 2 is 1.73 bits per heavy atom. The van der Waals surface area contributed by atoms with Crippen LogP contribution in [0.2, 0.25) is 0 Å². The van der Waals surface area contributed by atoms with E-state index in [-0.39, 0.29) is 18.0 Å². The molecule has 1 fully saturated rings. The fourth-order valence-electron chi connectivity index (χ4n) is 3.68. The van der Waals surface area contributed by atoms with Crippen LogP contribution in [0, 0.1) is 0 Å². The van der Waals surface area contributed by atoms with Crippen molar-refractivity contribution in [3.05, 3.63) is 48.0 Å². The quantitative estimate of drug-likeness (QED) is 0.424. The summed E-state index contributed by atoms with van der Waals surface area (Å²) in [7, 11) is -0.850. The van der Waals surface area contributed by atoms with Gasteiger partial charge in [0.15, 0.2) is 0 Å². The molecule has 0 radical (unpaired) electrons. The molecule has 0 aromatic heterocycles. The van der Waals surface area contributed by atoms with E-state index in [0.29, 0.717) is 23.0 Å². The lowest BCUT2D eigenvalue weighted by atomic mass is 10.0. The van der Waals surface area contributed by atoms with Crippen molar-refractivity contribution in [1.29, 1.82) is 0 Å². The number of benzene rings is 2. The highest BCUT2D eigenvalue weighted by atomic mass is 32.2. The summed E-state index contributed by atoms with van der Waals surface area (Å²) in [5.41, 5.74) is 2.43. The van der Waals surface area contributed by atoms with E-state index in [0.717, 1.165) is 9.87 Å². The Labute approximate surface area is 198 Å². The summed E-state index contributed by atoms with van der Waals surface area (Å²) < 4.78 is 43.4. The van der Waals surface area contributed by atoms with E-state index in [2.05, 4.69) is 0 Å². The van der Waals surface area contributed by atoms with Crippen LogP contribution in [0.1, 0.15) is 19.4 Å². The van der Waals surface area contributed by atoms with Crippen molar-refractivity contribution in [3.8, 4) is 17.2 Å². The van der Waals surface area contributed by atoms with Gasteiger partial charge in [0.05, 0.1) is 19.1 Å². The van der Waals surface area contributed by atoms with Gasteiger partial charge < -0.3 is 14.2 Å². The average Bonchev–Trinajstić information content (AvgIpc) is 2.81. The third kappa shape index (κ3) is 5.55. The van der Waals surface area contributed by atoms with E-state index in [1.54, 1.807) is 51.7 Å². The van der Waals surface area contributed by atoms with Gasteiger partial charge in [-0.2, -0.15) is 16.1 Å². The Bertz CT molecular complexity index is 1070. The van der Waals surface area contributed by atoms with E-state index in [1.807, 2.05) is 12.1 Å². The SMILES string of the molecule is COc1cc(COc2ccc(S(=O)(=O)N3CCSC(C)(C)C3C(=O)NO)cc2)cc(OC)c1. The van der Waals surface area contributed by atoms with Crippen molar-refractivity contribution in [2.45, 2.75) is 36.1 Å². The van der Waals surface area contributed by atoms with Gasteiger partial charge in [-0.15, -0.1) is 0 Å². The monoisotopic (exact) mass is 496 g/mol. The van der Waals surface area contributed by atoms with Crippen molar-refractivity contribution in [2.75, 3.05) is 26.5 Å². The van der Waals surface area contributed by atoms with E-state index in [4.69, 9.17) is 19.4 Å². The number of carbonyl (C=O) groups excluding carboxylic acids is 1. The molecule has 1 heterocycles. The van der Waals surface area contributed by atoms with Gasteiger partial charge in [-0.05, 0) is 55.8 Å². The zero-order valence-electron chi connectivity index (χ0n) is 18.9. The van der Waals surface area contributed by atoms with E-state index in [1.165, 1.54) is 23.9 Å².